The molecule has 0 unspecified atom stereocenters. The Morgan fingerprint density at radius 3 is 1.77 bits per heavy atom. The van der Waals surface area contributed by atoms with Crippen LogP contribution in [-0.4, -0.2) is 33.3 Å². The van der Waals surface area contributed by atoms with Gasteiger partial charge < -0.3 is 18.8 Å². The molecule has 0 amide bonds. The van der Waals surface area contributed by atoms with Crippen LogP contribution in [0.5, 0.6) is 23.0 Å². The number of aromatic hydroxyl groups is 1. The van der Waals surface area contributed by atoms with Crippen molar-refractivity contribution in [1.82, 2.24) is 0 Å². The molecule has 0 aromatic heterocycles. The molecule has 0 radical (unpaired) electrons. The number of hydrogen-bond donors (Lipinski definition) is 1. The van der Waals surface area contributed by atoms with Crippen molar-refractivity contribution in [3.05, 3.63) is 97.1 Å². The van der Waals surface area contributed by atoms with E-state index >= 15 is 0 Å². The molecule has 0 aliphatic carbocycles. The van der Waals surface area contributed by atoms with E-state index in [0.29, 0.717) is 34.3 Å². The quantitative estimate of drug-likeness (QED) is 0.141. The standard InChI is InChI=1S/C15H13F3O4S.C14H14O2/c1-3-4-13-12-7-6-11(21-2)9-10(12)5-8-14(13)22-23(19,20)15(16,17)18;1-3-4-13-12-7-6-11(16-2)9-10(12)5-8-14(13)15/h3,5-9H,1,4H2,2H3;3,5-9,15H,1,4H2,2H3. The van der Waals surface area contributed by atoms with E-state index < -0.39 is 15.6 Å². The molecule has 206 valence electrons. The smallest absolute Gasteiger partial charge is 0.508 e. The minimum atomic E-state index is -5.73. The highest BCUT2D eigenvalue weighted by Crippen LogP contribution is 2.35. The number of allylic oxidation sites excluding steroid dienone is 2. The predicted molar refractivity (Wildman–Crippen MR) is 146 cm³/mol. The molecule has 4 aromatic carbocycles. The van der Waals surface area contributed by atoms with Crippen LogP contribution in [0.25, 0.3) is 21.5 Å². The normalized spacial score (nSPS) is 11.4. The second-order valence-corrected chi connectivity index (χ2v) is 9.79. The Morgan fingerprint density at radius 2 is 1.28 bits per heavy atom. The van der Waals surface area contributed by atoms with Gasteiger partial charge in [0.1, 0.15) is 23.0 Å². The van der Waals surface area contributed by atoms with Crippen molar-refractivity contribution in [2.24, 2.45) is 0 Å². The van der Waals surface area contributed by atoms with Crippen molar-refractivity contribution >= 4 is 31.7 Å². The van der Waals surface area contributed by atoms with Crippen molar-refractivity contribution in [2.75, 3.05) is 14.2 Å². The lowest BCUT2D eigenvalue weighted by molar-refractivity contribution is -0.0500. The lowest BCUT2D eigenvalue weighted by Gasteiger charge is -2.14. The van der Waals surface area contributed by atoms with Gasteiger partial charge in [-0.05, 0) is 70.8 Å². The van der Waals surface area contributed by atoms with Crippen LogP contribution >= 0.6 is 0 Å². The van der Waals surface area contributed by atoms with Crippen molar-refractivity contribution in [3.8, 4) is 23.0 Å². The molecule has 0 atom stereocenters. The topological polar surface area (TPSA) is 82.1 Å². The summed E-state index contributed by atoms with van der Waals surface area (Å²) in [5.74, 6) is 1.33. The average Bonchev–Trinajstić information content (AvgIpc) is 2.90. The molecular weight excluding hydrogens is 533 g/mol. The highest BCUT2D eigenvalue weighted by atomic mass is 32.2. The van der Waals surface area contributed by atoms with E-state index in [1.54, 1.807) is 37.5 Å². The summed E-state index contributed by atoms with van der Waals surface area (Å²) in [5.41, 5.74) is -4.28. The summed E-state index contributed by atoms with van der Waals surface area (Å²) in [6.45, 7) is 7.23. The van der Waals surface area contributed by atoms with Gasteiger partial charge in [0, 0.05) is 11.1 Å². The van der Waals surface area contributed by atoms with Crippen molar-refractivity contribution < 1.29 is 40.4 Å². The van der Waals surface area contributed by atoms with Crippen molar-refractivity contribution in [2.45, 2.75) is 18.3 Å². The maximum Gasteiger partial charge on any atom is 0.534 e. The fourth-order valence-electron chi connectivity index (χ4n) is 3.92. The molecule has 0 spiro atoms. The first kappa shape index (κ1) is 29.4. The third kappa shape index (κ3) is 6.64. The first-order valence-electron chi connectivity index (χ1n) is 11.6. The lowest BCUT2D eigenvalue weighted by atomic mass is 10.0. The second-order valence-electron chi connectivity index (χ2n) is 8.25. The molecule has 0 heterocycles. The molecular formula is C29H27F3O6S. The lowest BCUT2D eigenvalue weighted by Crippen LogP contribution is -2.28. The summed E-state index contributed by atoms with van der Waals surface area (Å²) in [6.07, 6.45) is 4.05. The Bertz CT molecular complexity index is 1610. The van der Waals surface area contributed by atoms with E-state index in [4.69, 9.17) is 9.47 Å². The number of methoxy groups -OCH3 is 2. The molecule has 1 N–H and O–H groups in total. The zero-order valence-electron chi connectivity index (χ0n) is 21.3. The largest absolute Gasteiger partial charge is 0.534 e. The number of fused-ring (bicyclic) bond motifs is 2. The van der Waals surface area contributed by atoms with Crippen LogP contribution in [-0.2, 0) is 23.0 Å². The number of alkyl halides is 3. The summed E-state index contributed by atoms with van der Waals surface area (Å²) < 4.78 is 74.5. The molecule has 0 bridgehead atoms. The van der Waals surface area contributed by atoms with Gasteiger partial charge >= 0.3 is 15.6 Å². The van der Waals surface area contributed by atoms with E-state index in [-0.39, 0.29) is 12.2 Å². The summed E-state index contributed by atoms with van der Waals surface area (Å²) in [4.78, 5) is 0. The van der Waals surface area contributed by atoms with Gasteiger partial charge in [0.25, 0.3) is 0 Å². The number of phenols is 1. The van der Waals surface area contributed by atoms with Crippen molar-refractivity contribution in [3.63, 3.8) is 0 Å². The van der Waals surface area contributed by atoms with Crippen molar-refractivity contribution in [1.29, 1.82) is 0 Å². The maximum atomic E-state index is 12.5. The molecule has 39 heavy (non-hydrogen) atoms. The summed E-state index contributed by atoms with van der Waals surface area (Å²) in [5, 5.41) is 13.1. The first-order valence-corrected chi connectivity index (χ1v) is 13.0. The fraction of sp³-hybridized carbons (Fsp3) is 0.172. The van der Waals surface area contributed by atoms with Gasteiger partial charge in [0.05, 0.1) is 14.2 Å². The highest BCUT2D eigenvalue weighted by molar-refractivity contribution is 7.88. The Kier molecular flexibility index (Phi) is 9.13. The number of halogens is 3. The van der Waals surface area contributed by atoms with Gasteiger partial charge in [-0.2, -0.15) is 21.6 Å². The van der Waals surface area contributed by atoms with Crippen LogP contribution < -0.4 is 13.7 Å². The average molecular weight is 561 g/mol. The van der Waals surface area contributed by atoms with Crippen LogP contribution in [0, 0.1) is 0 Å². The number of benzene rings is 4. The van der Waals surface area contributed by atoms with Crippen LogP contribution in [0.1, 0.15) is 11.1 Å². The minimum Gasteiger partial charge on any atom is -0.508 e. The molecule has 0 fully saturated rings. The van der Waals surface area contributed by atoms with Crippen LogP contribution in [0.2, 0.25) is 0 Å². The molecule has 0 saturated heterocycles. The highest BCUT2D eigenvalue weighted by Gasteiger charge is 2.48. The van der Waals surface area contributed by atoms with Crippen LogP contribution in [0.4, 0.5) is 13.2 Å². The van der Waals surface area contributed by atoms with Gasteiger partial charge in [-0.1, -0.05) is 36.4 Å². The van der Waals surface area contributed by atoms with Gasteiger partial charge in [0.2, 0.25) is 0 Å². The SMILES string of the molecule is C=CCc1c(O)ccc2cc(OC)ccc12.C=CCc1c(OS(=O)(=O)C(F)(F)F)ccc2cc(OC)ccc12. The minimum absolute atomic E-state index is 0.145. The predicted octanol–water partition coefficient (Wildman–Crippen LogP) is 7.09. The molecule has 4 rings (SSSR count). The molecule has 0 aliphatic rings. The summed E-state index contributed by atoms with van der Waals surface area (Å²) in [7, 11) is -2.60. The van der Waals surface area contributed by atoms with E-state index in [1.165, 1.54) is 25.3 Å². The molecule has 0 saturated carbocycles. The van der Waals surface area contributed by atoms with Gasteiger partial charge in [0.15, 0.2) is 0 Å². The van der Waals surface area contributed by atoms with E-state index in [9.17, 15) is 26.7 Å². The fourth-order valence-corrected chi connectivity index (χ4v) is 4.41. The Morgan fingerprint density at radius 1 is 0.795 bits per heavy atom. The van der Waals surface area contributed by atoms with E-state index in [1.807, 2.05) is 24.3 Å². The molecule has 6 nitrogen and oxygen atoms in total. The summed E-state index contributed by atoms with van der Waals surface area (Å²) in [6, 6.07) is 17.0. The van der Waals surface area contributed by atoms with E-state index in [2.05, 4.69) is 17.3 Å². The monoisotopic (exact) mass is 560 g/mol. The number of rotatable bonds is 8. The second kappa shape index (κ2) is 12.1. The zero-order chi connectivity index (χ0) is 28.8. The zero-order valence-corrected chi connectivity index (χ0v) is 22.1. The van der Waals surface area contributed by atoms with Gasteiger partial charge in [-0.3, -0.25) is 0 Å². The third-order valence-corrected chi connectivity index (χ3v) is 6.76. The van der Waals surface area contributed by atoms with Gasteiger partial charge in [-0.25, -0.2) is 0 Å². The Balaban J connectivity index is 0.000000230. The van der Waals surface area contributed by atoms with Crippen LogP contribution in [0.3, 0.4) is 0 Å². The van der Waals surface area contributed by atoms with Gasteiger partial charge in [-0.15, -0.1) is 13.2 Å². The van der Waals surface area contributed by atoms with Crippen LogP contribution in [0.15, 0.2) is 86.0 Å². The maximum absolute atomic E-state index is 12.5. The van der Waals surface area contributed by atoms with E-state index in [0.717, 1.165) is 22.1 Å². The summed E-state index contributed by atoms with van der Waals surface area (Å²) >= 11 is 0. The first-order chi connectivity index (χ1) is 18.4. The molecule has 4 aromatic rings. The number of ether oxygens (including phenoxy) is 2. The Hall–Kier alpha value is -4.18. The number of hydrogen-bond acceptors (Lipinski definition) is 6. The third-order valence-electron chi connectivity index (χ3n) is 5.79. The number of phenolic OH excluding ortho intramolecular Hbond substituents is 1. The molecule has 10 heteroatoms. The molecule has 0 aliphatic heterocycles. The Labute approximate surface area is 224 Å².